The average molecular weight is 1250 g/mol. The van der Waals surface area contributed by atoms with Crippen LogP contribution in [0.4, 0.5) is 11.4 Å². The molecular weight excluding hydrogens is 1180 g/mol. The van der Waals surface area contributed by atoms with E-state index in [1.54, 1.807) is 51.2 Å². The van der Waals surface area contributed by atoms with Crippen LogP contribution >= 0.6 is 34.8 Å². The summed E-state index contributed by atoms with van der Waals surface area (Å²) in [5, 5.41) is 62.5. The molecule has 0 saturated heterocycles. The molecule has 11 aromatic rings. The van der Waals surface area contributed by atoms with E-state index in [0.29, 0.717) is 94.9 Å². The predicted molar refractivity (Wildman–Crippen MR) is 332 cm³/mol. The minimum atomic E-state index is -1.53. The van der Waals surface area contributed by atoms with Crippen molar-refractivity contribution in [2.75, 3.05) is 23.8 Å². The van der Waals surface area contributed by atoms with E-state index in [-0.39, 0.29) is 24.0 Å². The summed E-state index contributed by atoms with van der Waals surface area (Å²) in [5.74, 6) is 3.99. The Bertz CT molecular complexity index is 4050. The molecule has 0 fully saturated rings. The summed E-state index contributed by atoms with van der Waals surface area (Å²) in [5.41, 5.74) is 16.5. The molecule has 0 spiro atoms. The van der Waals surface area contributed by atoms with Crippen molar-refractivity contribution in [3.63, 3.8) is 0 Å². The number of aryl methyl sites for hydroxylation is 6. The van der Waals surface area contributed by atoms with Gasteiger partial charge in [-0.05, 0) is 106 Å². The lowest BCUT2D eigenvalue weighted by Crippen LogP contribution is -2.31. The molecule has 460 valence electrons. The van der Waals surface area contributed by atoms with E-state index in [9.17, 15) is 0 Å². The number of hydrogen-bond donors (Lipinski definition) is 5. The van der Waals surface area contributed by atoms with Gasteiger partial charge in [0.15, 0.2) is 0 Å². The first-order chi connectivity index (χ1) is 41.5. The molecule has 0 aliphatic rings. The van der Waals surface area contributed by atoms with Crippen LogP contribution in [0.1, 0.15) is 126 Å². The van der Waals surface area contributed by atoms with Crippen molar-refractivity contribution < 1.29 is 32.8 Å². The maximum absolute atomic E-state index is 8.87. The van der Waals surface area contributed by atoms with Crippen LogP contribution < -0.4 is 31.3 Å². The van der Waals surface area contributed by atoms with Gasteiger partial charge in [-0.3, -0.25) is 14.0 Å². The molecular formula is C56H70BCl3N20O7. The fourth-order valence-electron chi connectivity index (χ4n) is 8.54. The third-order valence-electron chi connectivity index (χ3n) is 12.3. The molecule has 0 aliphatic heterocycles. The van der Waals surface area contributed by atoms with Crippen LogP contribution in [-0.2, 0) is 19.6 Å². The zero-order valence-corrected chi connectivity index (χ0v) is 53.1. The summed E-state index contributed by atoms with van der Waals surface area (Å²) in [4.78, 5) is 21.8. The third-order valence-corrected chi connectivity index (χ3v) is 12.9. The van der Waals surface area contributed by atoms with Gasteiger partial charge in [-0.1, -0.05) is 40.9 Å². The van der Waals surface area contributed by atoms with Gasteiger partial charge >= 0.3 is 7.12 Å². The second-order valence-electron chi connectivity index (χ2n) is 20.0. The molecule has 0 saturated carbocycles. The zero-order chi connectivity index (χ0) is 63.2. The van der Waals surface area contributed by atoms with Gasteiger partial charge in [0.1, 0.15) is 43.4 Å². The minimum Gasteiger partial charge on any atom is -0.478 e. The van der Waals surface area contributed by atoms with Crippen molar-refractivity contribution in [3.05, 3.63) is 123 Å². The molecule has 27 nitrogen and oxygen atoms in total. The first kappa shape index (κ1) is 66.1. The van der Waals surface area contributed by atoms with Crippen molar-refractivity contribution in [1.29, 1.82) is 0 Å². The Morgan fingerprint density at radius 2 is 0.989 bits per heavy atom. The van der Waals surface area contributed by atoms with E-state index in [1.807, 2.05) is 66.9 Å². The van der Waals surface area contributed by atoms with Crippen LogP contribution in [0.25, 0.3) is 44.4 Å². The van der Waals surface area contributed by atoms with Crippen LogP contribution in [0.2, 0.25) is 15.3 Å². The van der Waals surface area contributed by atoms with Gasteiger partial charge in [0.25, 0.3) is 0 Å². The smallest absolute Gasteiger partial charge is 0.478 e. The van der Waals surface area contributed by atoms with Crippen molar-refractivity contribution >= 4 is 91.9 Å². The summed E-state index contributed by atoms with van der Waals surface area (Å²) in [7, 11) is -1.53. The SMILES string of the molecule is CCOc1ncccc1-c1cc(NCc2nnc(C)o2)c2c(n1)c(C)nn2C(C)C.CCOc1ncccc1B(O)O.Cc1nn(C(C)C)c2c(Cl)cc(Cl)nc12.Cc1nnc(CN)o1.Cc1nnc(CNc2cc(Cl)nc3c(C)nn(C(C)C)c23)o1. The summed E-state index contributed by atoms with van der Waals surface area (Å²) >= 11 is 18.1. The van der Waals surface area contributed by atoms with E-state index in [2.05, 4.69) is 113 Å². The van der Waals surface area contributed by atoms with Gasteiger partial charge in [0.2, 0.25) is 47.1 Å². The van der Waals surface area contributed by atoms with Crippen molar-refractivity contribution in [1.82, 2.24) is 84.9 Å². The molecule has 6 N–H and O–H groups in total. The highest BCUT2D eigenvalue weighted by atomic mass is 35.5. The summed E-state index contributed by atoms with van der Waals surface area (Å²) in [6.45, 7) is 29.4. The summed E-state index contributed by atoms with van der Waals surface area (Å²) in [6, 6.07) is 13.1. The number of halogens is 3. The van der Waals surface area contributed by atoms with Gasteiger partial charge in [0, 0.05) is 62.8 Å². The number of pyridine rings is 5. The Labute approximate surface area is 517 Å². The molecule has 11 aromatic heterocycles. The van der Waals surface area contributed by atoms with Crippen LogP contribution in [-0.4, -0.2) is 115 Å². The standard InChI is InChI=1S/C21H25N7O2.C14H17ClN6O.C10H11Cl2N3.C7H10BNO3.C4H7N3O/c1-6-29-21-15(8-7-9-22-21)16-10-17(23-11-18-26-25-14(5)30-18)20-19(24-16)13(4)27-28(20)12(2)3;1-7(2)21-14-10(16-6-12-19-18-9(4)22-12)5-11(15)17-13(14)8(3)20-21;1-5(2)15-10-7(11)4-8(12)13-9(10)6(3)14-15;1-2-12-7-6(8(10)11)4-3-5-9-7;1-3-6-7-4(2-5)8-3/h7-10,12H,6,11H2,1-5H3,(H,23,24);5,7H,6H2,1-4H3,(H,16,17);4-5H,1-3H3;3-5,10-11H,2H2,1H3;2,5H2,1H3. The molecule has 11 rings (SSSR count). The maximum atomic E-state index is 8.87. The number of nitrogens with zero attached hydrogens (tertiary/aromatic N) is 17. The van der Waals surface area contributed by atoms with Crippen molar-refractivity contribution in [2.45, 2.75) is 135 Å². The maximum Gasteiger partial charge on any atom is 0.494 e. The second kappa shape index (κ2) is 30.3. The monoisotopic (exact) mass is 1250 g/mol. The molecule has 0 bridgehead atoms. The number of anilines is 2. The Morgan fingerprint density at radius 1 is 0.563 bits per heavy atom. The molecule has 87 heavy (non-hydrogen) atoms. The topological polar surface area (TPSA) is 344 Å². The molecule has 0 aromatic carbocycles. The predicted octanol–water partition coefficient (Wildman–Crippen LogP) is 9.99. The highest BCUT2D eigenvalue weighted by Crippen LogP contribution is 2.36. The molecule has 0 radical (unpaired) electrons. The Morgan fingerprint density at radius 3 is 1.44 bits per heavy atom. The second-order valence-corrected chi connectivity index (χ2v) is 21.2. The number of hydrogen-bond acceptors (Lipinski definition) is 24. The van der Waals surface area contributed by atoms with Crippen molar-refractivity contribution in [3.8, 4) is 23.0 Å². The fraction of sp³-hybridized carbons (Fsp3) is 0.393. The van der Waals surface area contributed by atoms with Gasteiger partial charge < -0.3 is 49.1 Å². The van der Waals surface area contributed by atoms with Crippen LogP contribution in [0, 0.1) is 41.5 Å². The van der Waals surface area contributed by atoms with Crippen LogP contribution in [0.3, 0.4) is 0 Å². The zero-order valence-electron chi connectivity index (χ0n) is 50.8. The molecule has 31 heteroatoms. The Balaban J connectivity index is 0.000000166. The normalized spacial score (nSPS) is 11.1. The quantitative estimate of drug-likeness (QED) is 0.0443. The number of nitrogens with one attached hydrogen (secondary N) is 2. The van der Waals surface area contributed by atoms with Gasteiger partial charge in [-0.15, -0.1) is 30.6 Å². The average Bonchev–Trinajstić information content (AvgIpc) is 4.00. The van der Waals surface area contributed by atoms with Crippen LogP contribution in [0.5, 0.6) is 11.8 Å². The lowest BCUT2D eigenvalue weighted by molar-refractivity contribution is 0.327. The number of rotatable bonds is 16. The Hall–Kier alpha value is -8.41. The minimum absolute atomic E-state index is 0.178. The Kier molecular flexibility index (Phi) is 23.0. The molecule has 11 heterocycles. The molecule has 0 aliphatic carbocycles. The van der Waals surface area contributed by atoms with E-state index in [4.69, 9.17) is 83.4 Å². The summed E-state index contributed by atoms with van der Waals surface area (Å²) < 4.78 is 32.4. The largest absolute Gasteiger partial charge is 0.494 e. The lowest BCUT2D eigenvalue weighted by atomic mass is 9.81. The highest BCUT2D eigenvalue weighted by molar-refractivity contribution is 6.59. The van der Waals surface area contributed by atoms with Crippen molar-refractivity contribution in [2.24, 2.45) is 5.73 Å². The lowest BCUT2D eigenvalue weighted by Gasteiger charge is -2.14. The van der Waals surface area contributed by atoms with Gasteiger partial charge in [-0.2, -0.15) is 15.3 Å². The highest BCUT2D eigenvalue weighted by Gasteiger charge is 2.22. The summed E-state index contributed by atoms with van der Waals surface area (Å²) in [6.07, 6.45) is 3.25. The molecule has 0 atom stereocenters. The number of fused-ring (bicyclic) bond motifs is 3. The van der Waals surface area contributed by atoms with E-state index >= 15 is 0 Å². The third kappa shape index (κ3) is 16.8. The van der Waals surface area contributed by atoms with E-state index < -0.39 is 7.12 Å². The van der Waals surface area contributed by atoms with Gasteiger partial charge in [-0.25, -0.2) is 24.9 Å². The van der Waals surface area contributed by atoms with Crippen LogP contribution in [0.15, 0.2) is 68.1 Å². The van der Waals surface area contributed by atoms with Gasteiger partial charge in [0.05, 0.1) is 77.6 Å². The number of ether oxygens (including phenoxy) is 2. The first-order valence-corrected chi connectivity index (χ1v) is 28.9. The molecule has 0 unspecified atom stereocenters. The number of aromatic nitrogens is 17. The van der Waals surface area contributed by atoms with E-state index in [0.717, 1.165) is 72.8 Å². The van der Waals surface area contributed by atoms with E-state index in [1.165, 1.54) is 6.20 Å². The number of nitrogens with two attached hydrogens (primary N) is 1. The fourth-order valence-corrected chi connectivity index (χ4v) is 9.26. The molecule has 0 amide bonds. The first-order valence-electron chi connectivity index (χ1n) is 27.7.